The van der Waals surface area contributed by atoms with Gasteiger partial charge in [0.25, 0.3) is 0 Å². The highest BCUT2D eigenvalue weighted by Gasteiger charge is 2.30. The molecule has 1 aromatic carbocycles. The van der Waals surface area contributed by atoms with Gasteiger partial charge >= 0.3 is 5.97 Å². The number of carboxylic acid groups (broad SMARTS) is 1. The molecule has 0 saturated carbocycles. The summed E-state index contributed by atoms with van der Waals surface area (Å²) in [6, 6.07) is 7.64. The van der Waals surface area contributed by atoms with Crippen LogP contribution in [0.5, 0.6) is 0 Å². The quantitative estimate of drug-likeness (QED) is 0.851. The summed E-state index contributed by atoms with van der Waals surface area (Å²) in [5.74, 6) is -0.716. The standard InChI is InChI=1S/C11H12INO2/c12-8-3-1-4-9(7-8)13-6-2-5-10(13)11(14)15/h1,3-4,7,10H,2,5-6H2,(H,14,15)/t10-/m0/s1. The van der Waals surface area contributed by atoms with Gasteiger partial charge in [-0.1, -0.05) is 6.07 Å². The monoisotopic (exact) mass is 317 g/mol. The Morgan fingerprint density at radius 3 is 3.00 bits per heavy atom. The highest BCUT2D eigenvalue weighted by atomic mass is 127. The minimum atomic E-state index is -0.716. The summed E-state index contributed by atoms with van der Waals surface area (Å²) in [4.78, 5) is 13.0. The molecule has 3 nitrogen and oxygen atoms in total. The average molecular weight is 317 g/mol. The van der Waals surface area contributed by atoms with E-state index in [1.807, 2.05) is 29.2 Å². The van der Waals surface area contributed by atoms with Crippen LogP contribution in [-0.2, 0) is 4.79 Å². The van der Waals surface area contributed by atoms with Crippen molar-refractivity contribution in [1.82, 2.24) is 0 Å². The Morgan fingerprint density at radius 1 is 1.53 bits per heavy atom. The Hall–Kier alpha value is -0.780. The fraction of sp³-hybridized carbons (Fsp3) is 0.364. The van der Waals surface area contributed by atoms with Gasteiger partial charge < -0.3 is 10.0 Å². The van der Waals surface area contributed by atoms with Crippen LogP contribution in [0, 0.1) is 3.57 Å². The normalized spacial score (nSPS) is 20.6. The Balaban J connectivity index is 2.26. The molecule has 1 atom stereocenters. The van der Waals surface area contributed by atoms with Crippen molar-refractivity contribution >= 4 is 34.2 Å². The molecule has 1 saturated heterocycles. The van der Waals surface area contributed by atoms with Gasteiger partial charge in [0.2, 0.25) is 0 Å². The van der Waals surface area contributed by atoms with E-state index in [9.17, 15) is 4.79 Å². The van der Waals surface area contributed by atoms with Gasteiger partial charge in [-0.15, -0.1) is 0 Å². The average Bonchev–Trinajstić information content (AvgIpc) is 2.65. The number of aliphatic carboxylic acids is 1. The molecule has 0 bridgehead atoms. The van der Waals surface area contributed by atoms with Gasteiger partial charge in [0.05, 0.1) is 0 Å². The number of anilines is 1. The van der Waals surface area contributed by atoms with Crippen molar-refractivity contribution in [3.63, 3.8) is 0 Å². The molecule has 1 aromatic rings. The fourth-order valence-corrected chi connectivity index (χ4v) is 2.51. The van der Waals surface area contributed by atoms with E-state index in [0.717, 1.165) is 28.6 Å². The van der Waals surface area contributed by atoms with Gasteiger partial charge in [-0.3, -0.25) is 0 Å². The second kappa shape index (κ2) is 4.38. The van der Waals surface area contributed by atoms with Crippen molar-refractivity contribution in [2.75, 3.05) is 11.4 Å². The molecule has 1 aliphatic heterocycles. The van der Waals surface area contributed by atoms with E-state index in [1.165, 1.54) is 0 Å². The molecule has 0 aliphatic carbocycles. The Kier molecular flexibility index (Phi) is 3.14. The smallest absolute Gasteiger partial charge is 0.326 e. The maximum atomic E-state index is 11.0. The third kappa shape index (κ3) is 2.25. The van der Waals surface area contributed by atoms with E-state index in [1.54, 1.807) is 0 Å². The molecule has 15 heavy (non-hydrogen) atoms. The van der Waals surface area contributed by atoms with E-state index >= 15 is 0 Å². The summed E-state index contributed by atoms with van der Waals surface area (Å²) in [6.07, 6.45) is 1.71. The lowest BCUT2D eigenvalue weighted by Gasteiger charge is -2.23. The molecular weight excluding hydrogens is 305 g/mol. The molecule has 4 heteroatoms. The van der Waals surface area contributed by atoms with Gasteiger partial charge in [0.15, 0.2) is 0 Å². The maximum absolute atomic E-state index is 11.0. The zero-order chi connectivity index (χ0) is 10.8. The number of rotatable bonds is 2. The summed E-state index contributed by atoms with van der Waals surface area (Å²) in [7, 11) is 0. The van der Waals surface area contributed by atoms with Crippen LogP contribution in [0.1, 0.15) is 12.8 Å². The highest BCUT2D eigenvalue weighted by Crippen LogP contribution is 2.26. The van der Waals surface area contributed by atoms with Crippen molar-refractivity contribution < 1.29 is 9.90 Å². The summed E-state index contributed by atoms with van der Waals surface area (Å²) in [5, 5.41) is 9.07. The van der Waals surface area contributed by atoms with Crippen LogP contribution in [0.4, 0.5) is 5.69 Å². The van der Waals surface area contributed by atoms with Crippen molar-refractivity contribution in [2.45, 2.75) is 18.9 Å². The molecule has 0 radical (unpaired) electrons. The van der Waals surface area contributed by atoms with E-state index < -0.39 is 5.97 Å². The van der Waals surface area contributed by atoms with Crippen LogP contribution in [0.3, 0.4) is 0 Å². The third-order valence-electron chi connectivity index (χ3n) is 2.68. The molecule has 2 rings (SSSR count). The van der Waals surface area contributed by atoms with Crippen molar-refractivity contribution in [1.29, 1.82) is 0 Å². The summed E-state index contributed by atoms with van der Waals surface area (Å²) >= 11 is 2.24. The fourth-order valence-electron chi connectivity index (χ4n) is 1.99. The van der Waals surface area contributed by atoms with Crippen LogP contribution in [0.2, 0.25) is 0 Å². The lowest BCUT2D eigenvalue weighted by molar-refractivity contribution is -0.138. The zero-order valence-corrected chi connectivity index (χ0v) is 10.3. The molecule has 0 aromatic heterocycles. The number of nitrogens with zero attached hydrogens (tertiary/aromatic N) is 1. The summed E-state index contributed by atoms with van der Waals surface area (Å²) in [6.45, 7) is 0.844. The van der Waals surface area contributed by atoms with E-state index in [-0.39, 0.29) is 6.04 Å². The second-order valence-corrected chi connectivity index (χ2v) is 4.92. The molecule has 1 N–H and O–H groups in total. The van der Waals surface area contributed by atoms with Crippen molar-refractivity contribution in [2.24, 2.45) is 0 Å². The van der Waals surface area contributed by atoms with Crippen LogP contribution in [0.25, 0.3) is 0 Å². The lowest BCUT2D eigenvalue weighted by Crippen LogP contribution is -2.35. The third-order valence-corrected chi connectivity index (χ3v) is 3.35. The SMILES string of the molecule is O=C(O)[C@@H]1CCCN1c1cccc(I)c1. The number of benzene rings is 1. The molecule has 1 heterocycles. The van der Waals surface area contributed by atoms with Crippen LogP contribution >= 0.6 is 22.6 Å². The zero-order valence-electron chi connectivity index (χ0n) is 8.19. The first-order valence-electron chi connectivity index (χ1n) is 4.93. The van der Waals surface area contributed by atoms with Gasteiger partial charge in [0.1, 0.15) is 6.04 Å². The van der Waals surface area contributed by atoms with E-state index in [4.69, 9.17) is 5.11 Å². The Bertz CT molecular complexity index is 381. The van der Waals surface area contributed by atoms with Crippen LogP contribution < -0.4 is 4.90 Å². The van der Waals surface area contributed by atoms with E-state index in [0.29, 0.717) is 0 Å². The highest BCUT2D eigenvalue weighted by molar-refractivity contribution is 14.1. The molecule has 1 fully saturated rings. The molecule has 0 unspecified atom stereocenters. The van der Waals surface area contributed by atoms with Gasteiger partial charge in [-0.05, 0) is 53.6 Å². The number of hydrogen-bond acceptors (Lipinski definition) is 2. The predicted octanol–water partition coefficient (Wildman–Crippen LogP) is 2.34. The van der Waals surface area contributed by atoms with Gasteiger partial charge in [0, 0.05) is 15.8 Å². The summed E-state index contributed by atoms with van der Waals surface area (Å²) < 4.78 is 1.14. The minimum Gasteiger partial charge on any atom is -0.480 e. The minimum absolute atomic E-state index is 0.344. The topological polar surface area (TPSA) is 40.5 Å². The molecule has 0 spiro atoms. The molecular formula is C11H12INO2. The van der Waals surface area contributed by atoms with Crippen LogP contribution in [0.15, 0.2) is 24.3 Å². The summed E-state index contributed by atoms with van der Waals surface area (Å²) in [5.41, 5.74) is 1.02. The predicted molar refractivity (Wildman–Crippen MR) is 67.2 cm³/mol. The number of halogens is 1. The second-order valence-electron chi connectivity index (χ2n) is 3.67. The van der Waals surface area contributed by atoms with Crippen molar-refractivity contribution in [3.8, 4) is 0 Å². The Labute approximate surface area is 102 Å². The molecule has 1 aliphatic rings. The number of carbonyl (C=O) groups is 1. The molecule has 0 amide bonds. The first-order valence-corrected chi connectivity index (χ1v) is 6.01. The van der Waals surface area contributed by atoms with Gasteiger partial charge in [-0.25, -0.2) is 4.79 Å². The number of carboxylic acids is 1. The van der Waals surface area contributed by atoms with E-state index in [2.05, 4.69) is 22.6 Å². The van der Waals surface area contributed by atoms with Gasteiger partial charge in [-0.2, -0.15) is 0 Å². The van der Waals surface area contributed by atoms with Crippen molar-refractivity contribution in [3.05, 3.63) is 27.8 Å². The number of hydrogen-bond donors (Lipinski definition) is 1. The largest absolute Gasteiger partial charge is 0.480 e. The Morgan fingerprint density at radius 2 is 2.33 bits per heavy atom. The van der Waals surface area contributed by atoms with Crippen LogP contribution in [-0.4, -0.2) is 23.7 Å². The molecule has 80 valence electrons. The maximum Gasteiger partial charge on any atom is 0.326 e. The lowest BCUT2D eigenvalue weighted by atomic mass is 10.2. The first-order chi connectivity index (χ1) is 7.18. The first kappa shape index (κ1) is 10.7.